The highest BCUT2D eigenvalue weighted by Gasteiger charge is 2.21. The van der Waals surface area contributed by atoms with Gasteiger partial charge in [-0.25, -0.2) is 12.8 Å². The average molecular weight is 466 g/mol. The van der Waals surface area contributed by atoms with Crippen molar-refractivity contribution in [2.75, 3.05) is 6.61 Å². The largest absolute Gasteiger partial charge is 0.486 e. The number of fused-ring (bicyclic) bond motifs is 1. The van der Waals surface area contributed by atoms with Gasteiger partial charge in [-0.3, -0.25) is 14.8 Å². The van der Waals surface area contributed by atoms with Crippen LogP contribution in [0.3, 0.4) is 0 Å². The molecule has 7 nitrogen and oxygen atoms in total. The molecular formula is C24H20FN3O4S. The van der Waals surface area contributed by atoms with Gasteiger partial charge in [0, 0.05) is 30.2 Å². The maximum Gasteiger partial charge on any atom is 0.249 e. The van der Waals surface area contributed by atoms with Crippen LogP contribution in [0.5, 0.6) is 5.75 Å². The number of carbonyl (C=O) groups is 1. The molecule has 2 aromatic carbocycles. The molecule has 3 aromatic rings. The number of halogens is 1. The summed E-state index contributed by atoms with van der Waals surface area (Å²) < 4.78 is 44.9. The van der Waals surface area contributed by atoms with Gasteiger partial charge in [0.15, 0.2) is 11.6 Å². The van der Waals surface area contributed by atoms with Crippen LogP contribution in [-0.2, 0) is 21.2 Å². The van der Waals surface area contributed by atoms with Crippen LogP contribution in [0.2, 0.25) is 0 Å². The lowest BCUT2D eigenvalue weighted by molar-refractivity contribution is -0.121. The average Bonchev–Trinajstić information content (AvgIpc) is 3.27. The summed E-state index contributed by atoms with van der Waals surface area (Å²) in [6, 6.07) is 10.6. The monoisotopic (exact) mass is 465 g/mol. The van der Waals surface area contributed by atoms with Crippen molar-refractivity contribution in [1.29, 1.82) is 0 Å². The van der Waals surface area contributed by atoms with E-state index in [0.29, 0.717) is 5.56 Å². The zero-order valence-corrected chi connectivity index (χ0v) is 18.3. The van der Waals surface area contributed by atoms with E-state index < -0.39 is 21.7 Å². The summed E-state index contributed by atoms with van der Waals surface area (Å²) in [6.45, 7) is 3.75. The third kappa shape index (κ3) is 4.83. The fourth-order valence-corrected chi connectivity index (χ4v) is 4.54. The summed E-state index contributed by atoms with van der Waals surface area (Å²) in [5, 5.41) is 4.33. The molecule has 0 saturated heterocycles. The molecule has 0 saturated carbocycles. The first-order chi connectivity index (χ1) is 15.9. The summed E-state index contributed by atoms with van der Waals surface area (Å²) in [5.41, 5.74) is 0.716. The van der Waals surface area contributed by atoms with Gasteiger partial charge in [0.25, 0.3) is 0 Å². The molecule has 0 radical (unpaired) electrons. The molecule has 4 rings (SSSR count). The fraction of sp³-hybridized carbons (Fsp3) is 0.125. The van der Waals surface area contributed by atoms with Crippen molar-refractivity contribution in [2.24, 2.45) is 4.99 Å². The van der Waals surface area contributed by atoms with E-state index >= 15 is 0 Å². The number of amides is 1. The van der Waals surface area contributed by atoms with Crippen molar-refractivity contribution in [3.63, 3.8) is 0 Å². The van der Waals surface area contributed by atoms with Gasteiger partial charge >= 0.3 is 0 Å². The molecule has 1 N–H and O–H groups in total. The molecule has 0 fully saturated rings. The number of rotatable bonds is 8. The molecule has 1 unspecified atom stereocenters. The lowest BCUT2D eigenvalue weighted by Crippen LogP contribution is -2.31. The number of pyridine rings is 1. The van der Waals surface area contributed by atoms with Gasteiger partial charge in [-0.2, -0.15) is 0 Å². The first-order valence-electron chi connectivity index (χ1n) is 10.0. The van der Waals surface area contributed by atoms with E-state index in [1.54, 1.807) is 36.7 Å². The Labute approximate surface area is 189 Å². The normalized spacial score (nSPS) is 14.5. The zero-order valence-electron chi connectivity index (χ0n) is 17.4. The van der Waals surface area contributed by atoms with E-state index in [9.17, 15) is 17.6 Å². The number of nitrogens with zero attached hydrogens (tertiary/aromatic N) is 2. The quantitative estimate of drug-likeness (QED) is 0.404. The second kappa shape index (κ2) is 9.33. The molecule has 9 heteroatoms. The second-order valence-corrected chi connectivity index (χ2v) is 9.18. The van der Waals surface area contributed by atoms with Crippen LogP contribution in [0.25, 0.3) is 6.08 Å². The topological polar surface area (TPSA) is 97.7 Å². The first kappa shape index (κ1) is 22.3. The minimum Gasteiger partial charge on any atom is -0.486 e. The van der Waals surface area contributed by atoms with Crippen LogP contribution in [0.1, 0.15) is 5.56 Å². The van der Waals surface area contributed by atoms with Crippen molar-refractivity contribution in [2.45, 2.75) is 22.4 Å². The second-order valence-electron chi connectivity index (χ2n) is 7.23. The summed E-state index contributed by atoms with van der Waals surface area (Å²) in [4.78, 5) is 20.7. The first-order valence-corrected chi connectivity index (χ1v) is 11.5. The van der Waals surface area contributed by atoms with E-state index in [2.05, 4.69) is 21.9 Å². The Hall–Kier alpha value is -3.85. The molecule has 0 bridgehead atoms. The highest BCUT2D eigenvalue weighted by atomic mass is 32.2. The molecule has 1 aliphatic rings. The van der Waals surface area contributed by atoms with E-state index in [1.165, 1.54) is 24.3 Å². The van der Waals surface area contributed by atoms with Crippen LogP contribution >= 0.6 is 0 Å². The Kier molecular flexibility index (Phi) is 6.32. The highest BCUT2D eigenvalue weighted by Crippen LogP contribution is 2.27. The molecule has 168 valence electrons. The van der Waals surface area contributed by atoms with Crippen LogP contribution in [0.15, 0.2) is 88.4 Å². The lowest BCUT2D eigenvalue weighted by atomic mass is 10.2. The Balaban J connectivity index is 1.44. The highest BCUT2D eigenvalue weighted by molar-refractivity contribution is 7.91. The number of hydrogen-bond acceptors (Lipinski definition) is 6. The molecule has 2 heterocycles. The molecule has 33 heavy (non-hydrogen) atoms. The predicted octanol–water partition coefficient (Wildman–Crippen LogP) is 1.72. The standard InChI is InChI=1S/C24H20FN3O4S/c1-2-11-32-23-13-19(7-8-20(23)25)33(30,31)18-5-3-16(4-6-18)14-27-24(29)22-12-17-15-26-10-9-21(17)28-22/h2-10,12-13,15,22H,1,11,14H2,(H,27,29). The van der Waals surface area contributed by atoms with Gasteiger partial charge in [-0.1, -0.05) is 24.8 Å². The van der Waals surface area contributed by atoms with Crippen LogP contribution in [-0.4, -0.2) is 32.0 Å². The van der Waals surface area contributed by atoms with Crippen LogP contribution in [0, 0.1) is 5.82 Å². The Bertz CT molecular complexity index is 1400. The number of nitrogens with one attached hydrogen (secondary N) is 1. The van der Waals surface area contributed by atoms with Crippen molar-refractivity contribution < 1.29 is 22.3 Å². The SMILES string of the molecule is C=CCOc1cc(S(=O)(=O)c2ccc(CNC(=O)C3C=c4cnccc4=N3)cc2)ccc1F. The predicted molar refractivity (Wildman–Crippen MR) is 119 cm³/mol. The Morgan fingerprint density at radius 2 is 1.91 bits per heavy atom. The van der Waals surface area contributed by atoms with Crippen LogP contribution < -0.4 is 20.6 Å². The maximum absolute atomic E-state index is 13.9. The van der Waals surface area contributed by atoms with E-state index in [1.807, 2.05) is 0 Å². The fourth-order valence-electron chi connectivity index (χ4n) is 3.26. The van der Waals surface area contributed by atoms with Gasteiger partial charge in [-0.15, -0.1) is 0 Å². The summed E-state index contributed by atoms with van der Waals surface area (Å²) >= 11 is 0. The maximum atomic E-state index is 13.9. The number of carbonyl (C=O) groups excluding carboxylic acids is 1. The van der Waals surface area contributed by atoms with Crippen molar-refractivity contribution in [1.82, 2.24) is 10.3 Å². The van der Waals surface area contributed by atoms with E-state index in [-0.39, 0.29) is 34.6 Å². The number of ether oxygens (including phenoxy) is 1. The van der Waals surface area contributed by atoms with E-state index in [0.717, 1.165) is 22.7 Å². The molecule has 1 atom stereocenters. The van der Waals surface area contributed by atoms with Gasteiger partial charge in [0.05, 0.1) is 15.1 Å². The van der Waals surface area contributed by atoms with Gasteiger partial charge in [0.1, 0.15) is 12.6 Å². The molecule has 0 spiro atoms. The van der Waals surface area contributed by atoms with Gasteiger partial charge in [-0.05, 0) is 42.0 Å². The minimum atomic E-state index is -3.88. The molecule has 1 aromatic heterocycles. The third-order valence-electron chi connectivity index (χ3n) is 4.98. The smallest absolute Gasteiger partial charge is 0.249 e. The lowest BCUT2D eigenvalue weighted by Gasteiger charge is -2.10. The molecule has 1 amide bonds. The minimum absolute atomic E-state index is 0.0425. The van der Waals surface area contributed by atoms with Crippen LogP contribution in [0.4, 0.5) is 4.39 Å². The summed E-state index contributed by atoms with van der Waals surface area (Å²) in [7, 11) is -3.88. The summed E-state index contributed by atoms with van der Waals surface area (Å²) in [6.07, 6.45) is 6.45. The Morgan fingerprint density at radius 1 is 1.15 bits per heavy atom. The number of aromatic nitrogens is 1. The summed E-state index contributed by atoms with van der Waals surface area (Å²) in [5.74, 6) is -1.09. The van der Waals surface area contributed by atoms with E-state index in [4.69, 9.17) is 4.74 Å². The molecular weight excluding hydrogens is 445 g/mol. The number of hydrogen-bond donors (Lipinski definition) is 1. The van der Waals surface area contributed by atoms with Gasteiger partial charge < -0.3 is 10.1 Å². The molecule has 1 aliphatic heterocycles. The third-order valence-corrected chi connectivity index (χ3v) is 6.75. The van der Waals surface area contributed by atoms with Gasteiger partial charge in [0.2, 0.25) is 15.7 Å². The van der Waals surface area contributed by atoms with Crippen molar-refractivity contribution >= 4 is 21.8 Å². The molecule has 0 aliphatic carbocycles. The zero-order chi connectivity index (χ0) is 23.4. The number of sulfone groups is 1. The Morgan fingerprint density at radius 3 is 2.64 bits per heavy atom. The van der Waals surface area contributed by atoms with Crippen molar-refractivity contribution in [3.05, 3.63) is 95.5 Å². The van der Waals surface area contributed by atoms with Crippen molar-refractivity contribution in [3.8, 4) is 5.75 Å². The number of benzene rings is 2.